The number of aliphatic hydroxyl groups excluding tert-OH is 1. The fourth-order valence-corrected chi connectivity index (χ4v) is 2.95. The van der Waals surface area contributed by atoms with E-state index in [1.165, 1.54) is 0 Å². The van der Waals surface area contributed by atoms with Crippen LogP contribution in [0.25, 0.3) is 0 Å². The minimum atomic E-state index is -0.0674. The monoisotopic (exact) mass is 348 g/mol. The lowest BCUT2D eigenvalue weighted by atomic mass is 10.1. The molecule has 5 heteroatoms. The van der Waals surface area contributed by atoms with Crippen LogP contribution in [-0.4, -0.2) is 42.8 Å². The van der Waals surface area contributed by atoms with Crippen LogP contribution in [-0.2, 0) is 0 Å². The maximum Gasteiger partial charge on any atom is 0.0626 e. The number of nitrogens with zero attached hydrogens (tertiary/aromatic N) is 1. The third-order valence-corrected chi connectivity index (χ3v) is 4.16. The Labute approximate surface area is 129 Å². The Morgan fingerprint density at radius 1 is 1.37 bits per heavy atom. The quantitative estimate of drug-likeness (QED) is 0.757. The highest BCUT2D eigenvalue weighted by Gasteiger charge is 2.13. The Kier molecular flexibility index (Phi) is 7.95. The van der Waals surface area contributed by atoms with Crippen molar-refractivity contribution in [3.8, 4) is 0 Å². The van der Waals surface area contributed by atoms with E-state index in [4.69, 9.17) is 11.6 Å². The molecule has 0 spiro atoms. The fraction of sp³-hybridized carbons (Fsp3) is 0.571. The topological polar surface area (TPSA) is 35.5 Å². The van der Waals surface area contributed by atoms with Gasteiger partial charge in [0.1, 0.15) is 0 Å². The molecule has 0 heterocycles. The molecule has 19 heavy (non-hydrogen) atoms. The van der Waals surface area contributed by atoms with E-state index in [2.05, 4.69) is 40.0 Å². The van der Waals surface area contributed by atoms with Gasteiger partial charge in [0, 0.05) is 22.6 Å². The van der Waals surface area contributed by atoms with Crippen molar-refractivity contribution in [1.82, 2.24) is 10.2 Å². The van der Waals surface area contributed by atoms with Crippen LogP contribution in [0.4, 0.5) is 0 Å². The average Bonchev–Trinajstić information content (AvgIpc) is 2.40. The Hall–Kier alpha value is -0.130. The predicted molar refractivity (Wildman–Crippen MR) is 84.8 cm³/mol. The van der Waals surface area contributed by atoms with Crippen LogP contribution in [0.5, 0.6) is 0 Å². The summed E-state index contributed by atoms with van der Waals surface area (Å²) < 4.78 is 0.925. The van der Waals surface area contributed by atoms with E-state index >= 15 is 0 Å². The molecule has 0 aromatic heterocycles. The number of aliphatic hydroxyl groups is 1. The molecule has 2 N–H and O–H groups in total. The fourth-order valence-electron chi connectivity index (χ4n) is 1.99. The van der Waals surface area contributed by atoms with Crippen LogP contribution >= 0.6 is 27.5 Å². The van der Waals surface area contributed by atoms with Crippen molar-refractivity contribution in [2.75, 3.05) is 32.8 Å². The van der Waals surface area contributed by atoms with Crippen LogP contribution < -0.4 is 5.32 Å². The van der Waals surface area contributed by atoms with E-state index in [1.807, 2.05) is 18.2 Å². The standard InChI is InChI=1S/C14H22BrClN2O/c1-3-18(4-2)8-7-17-14(10-19)12-6-5-11(16)9-13(12)15/h5-6,9,14,17,19H,3-4,7-8,10H2,1-2H3. The summed E-state index contributed by atoms with van der Waals surface area (Å²) in [5.41, 5.74) is 1.03. The van der Waals surface area contributed by atoms with Gasteiger partial charge in [-0.15, -0.1) is 0 Å². The molecular weight excluding hydrogens is 328 g/mol. The maximum absolute atomic E-state index is 9.52. The molecule has 1 unspecified atom stereocenters. The number of halogens is 2. The molecule has 0 fully saturated rings. The first kappa shape index (κ1) is 16.9. The van der Waals surface area contributed by atoms with E-state index in [1.54, 1.807) is 0 Å². The maximum atomic E-state index is 9.52. The number of likely N-dealkylation sites (N-methyl/N-ethyl adjacent to an activating group) is 1. The molecule has 1 atom stereocenters. The minimum Gasteiger partial charge on any atom is -0.394 e. The van der Waals surface area contributed by atoms with Gasteiger partial charge in [0.15, 0.2) is 0 Å². The number of rotatable bonds is 8. The van der Waals surface area contributed by atoms with Crippen LogP contribution in [0, 0.1) is 0 Å². The average molecular weight is 350 g/mol. The van der Waals surface area contributed by atoms with Gasteiger partial charge in [-0.3, -0.25) is 0 Å². The molecule has 1 aromatic carbocycles. The molecule has 0 aliphatic heterocycles. The molecule has 108 valence electrons. The summed E-state index contributed by atoms with van der Waals surface area (Å²) in [7, 11) is 0. The summed E-state index contributed by atoms with van der Waals surface area (Å²) in [6.45, 7) is 8.31. The third kappa shape index (κ3) is 5.40. The van der Waals surface area contributed by atoms with Crippen LogP contribution in [0.1, 0.15) is 25.5 Å². The lowest BCUT2D eigenvalue weighted by Crippen LogP contribution is -2.34. The molecular formula is C14H22BrClN2O. The van der Waals surface area contributed by atoms with E-state index < -0.39 is 0 Å². The van der Waals surface area contributed by atoms with Crippen molar-refractivity contribution in [3.63, 3.8) is 0 Å². The third-order valence-electron chi connectivity index (χ3n) is 3.23. The van der Waals surface area contributed by atoms with E-state index in [9.17, 15) is 5.11 Å². The van der Waals surface area contributed by atoms with Crippen molar-refractivity contribution in [2.24, 2.45) is 0 Å². The molecule has 0 aliphatic carbocycles. The van der Waals surface area contributed by atoms with Gasteiger partial charge >= 0.3 is 0 Å². The minimum absolute atomic E-state index is 0.0674. The van der Waals surface area contributed by atoms with Crippen LogP contribution in [0.2, 0.25) is 5.02 Å². The van der Waals surface area contributed by atoms with Gasteiger partial charge in [-0.25, -0.2) is 0 Å². The van der Waals surface area contributed by atoms with Gasteiger partial charge in [-0.2, -0.15) is 0 Å². The van der Waals surface area contributed by atoms with Crippen molar-refractivity contribution in [3.05, 3.63) is 33.3 Å². The van der Waals surface area contributed by atoms with Crippen LogP contribution in [0.15, 0.2) is 22.7 Å². The van der Waals surface area contributed by atoms with Crippen LogP contribution in [0.3, 0.4) is 0 Å². The zero-order chi connectivity index (χ0) is 14.3. The zero-order valence-corrected chi connectivity index (χ0v) is 13.8. The molecule has 1 aromatic rings. The Morgan fingerprint density at radius 3 is 2.58 bits per heavy atom. The Balaban J connectivity index is 2.58. The molecule has 1 rings (SSSR count). The zero-order valence-electron chi connectivity index (χ0n) is 11.5. The summed E-state index contributed by atoms with van der Waals surface area (Å²) in [4.78, 5) is 2.35. The van der Waals surface area contributed by atoms with Crippen molar-refractivity contribution >= 4 is 27.5 Å². The van der Waals surface area contributed by atoms with Gasteiger partial charge < -0.3 is 15.3 Å². The molecule has 0 amide bonds. The van der Waals surface area contributed by atoms with Gasteiger partial charge in [0.2, 0.25) is 0 Å². The van der Waals surface area contributed by atoms with Gasteiger partial charge in [-0.05, 0) is 30.8 Å². The highest BCUT2D eigenvalue weighted by molar-refractivity contribution is 9.10. The summed E-state index contributed by atoms with van der Waals surface area (Å²) in [5.74, 6) is 0. The second-order valence-electron chi connectivity index (χ2n) is 4.38. The summed E-state index contributed by atoms with van der Waals surface area (Å²) in [6, 6.07) is 5.57. The highest BCUT2D eigenvalue weighted by Crippen LogP contribution is 2.26. The number of hydrogen-bond donors (Lipinski definition) is 2. The van der Waals surface area contributed by atoms with Gasteiger partial charge in [0.25, 0.3) is 0 Å². The molecule has 0 aliphatic rings. The first-order valence-corrected chi connectivity index (χ1v) is 7.81. The summed E-state index contributed by atoms with van der Waals surface area (Å²) in [5, 5.41) is 13.6. The first-order chi connectivity index (χ1) is 9.12. The second kappa shape index (κ2) is 8.93. The summed E-state index contributed by atoms with van der Waals surface area (Å²) in [6.07, 6.45) is 0. The first-order valence-electron chi connectivity index (χ1n) is 6.63. The van der Waals surface area contributed by atoms with Gasteiger partial charge in [0.05, 0.1) is 12.6 Å². The molecule has 0 bridgehead atoms. The molecule has 0 radical (unpaired) electrons. The Bertz CT molecular complexity index is 386. The van der Waals surface area contributed by atoms with Crippen molar-refractivity contribution in [2.45, 2.75) is 19.9 Å². The second-order valence-corrected chi connectivity index (χ2v) is 5.67. The van der Waals surface area contributed by atoms with E-state index in [0.29, 0.717) is 5.02 Å². The molecule has 0 saturated carbocycles. The predicted octanol–water partition coefficient (Wildman–Crippen LogP) is 3.07. The van der Waals surface area contributed by atoms with Crippen molar-refractivity contribution in [1.29, 1.82) is 0 Å². The van der Waals surface area contributed by atoms with E-state index in [0.717, 1.165) is 36.2 Å². The van der Waals surface area contributed by atoms with Gasteiger partial charge in [-0.1, -0.05) is 47.4 Å². The number of benzene rings is 1. The number of hydrogen-bond acceptors (Lipinski definition) is 3. The lowest BCUT2D eigenvalue weighted by Gasteiger charge is -2.22. The smallest absolute Gasteiger partial charge is 0.0626 e. The van der Waals surface area contributed by atoms with E-state index in [-0.39, 0.29) is 12.6 Å². The van der Waals surface area contributed by atoms with Crippen molar-refractivity contribution < 1.29 is 5.11 Å². The molecule has 0 saturated heterocycles. The normalized spacial score (nSPS) is 12.9. The summed E-state index contributed by atoms with van der Waals surface area (Å²) >= 11 is 9.42. The SMILES string of the molecule is CCN(CC)CCNC(CO)c1ccc(Cl)cc1Br. The highest BCUT2D eigenvalue weighted by atomic mass is 79.9. The number of nitrogens with one attached hydrogen (secondary N) is 1. The Morgan fingerprint density at radius 2 is 2.05 bits per heavy atom. The lowest BCUT2D eigenvalue weighted by molar-refractivity contribution is 0.233. The molecule has 3 nitrogen and oxygen atoms in total. The largest absolute Gasteiger partial charge is 0.394 e.